The molecule has 7 heteroatoms. The van der Waals surface area contributed by atoms with E-state index in [1.54, 1.807) is 0 Å². The van der Waals surface area contributed by atoms with Crippen molar-refractivity contribution < 1.29 is 4.79 Å². The summed E-state index contributed by atoms with van der Waals surface area (Å²) in [5, 5.41) is 13.6. The number of carbonyl (C=O) groups is 1. The molecule has 0 bridgehead atoms. The smallest absolute Gasteiger partial charge is 0.255 e. The van der Waals surface area contributed by atoms with Gasteiger partial charge in [-0.05, 0) is 50.9 Å². The first-order chi connectivity index (χ1) is 12.2. The van der Waals surface area contributed by atoms with Gasteiger partial charge in [0.2, 0.25) is 0 Å². The Bertz CT molecular complexity index is 857. The summed E-state index contributed by atoms with van der Waals surface area (Å²) in [6.07, 6.45) is 2.20. The van der Waals surface area contributed by atoms with Gasteiger partial charge >= 0.3 is 0 Å². The third kappa shape index (κ3) is 3.15. The van der Waals surface area contributed by atoms with Crippen molar-refractivity contribution >= 4 is 16.9 Å². The molecule has 4 N–H and O–H groups in total. The number of aromatic nitrogens is 4. The van der Waals surface area contributed by atoms with Crippen LogP contribution < -0.4 is 10.6 Å². The highest BCUT2D eigenvalue weighted by atomic mass is 16.1. The standard InChI is InChI=1S/C18H22N6O/c1-11-15(18(25)20-10-12-6-8-19-9-7-12)16(24-23-11)17-21-13-4-2-3-5-14(13)22-17/h2-5,12,19H,6-10H2,1H3,(H,20,25)(H,21,22)(H,23,24). The molecule has 7 nitrogen and oxygen atoms in total. The Balaban J connectivity index is 1.57. The fraction of sp³-hybridized carbons (Fsp3) is 0.389. The number of benzene rings is 1. The predicted molar refractivity (Wildman–Crippen MR) is 96.3 cm³/mol. The maximum absolute atomic E-state index is 12.8. The largest absolute Gasteiger partial charge is 0.352 e. The molecule has 1 saturated heterocycles. The van der Waals surface area contributed by atoms with Crippen molar-refractivity contribution in [2.24, 2.45) is 5.92 Å². The van der Waals surface area contributed by atoms with Gasteiger partial charge in [-0.1, -0.05) is 12.1 Å². The molecule has 2 aromatic heterocycles. The highest BCUT2D eigenvalue weighted by Crippen LogP contribution is 2.24. The zero-order valence-electron chi connectivity index (χ0n) is 14.2. The molecule has 4 rings (SSSR count). The molecule has 1 amide bonds. The van der Waals surface area contributed by atoms with Crippen LogP contribution in [0.4, 0.5) is 0 Å². The number of aromatic amines is 2. The summed E-state index contributed by atoms with van der Waals surface area (Å²) >= 11 is 0. The molecular formula is C18H22N6O. The molecule has 0 aliphatic carbocycles. The molecule has 1 aliphatic rings. The monoisotopic (exact) mass is 338 g/mol. The summed E-state index contributed by atoms with van der Waals surface area (Å²) in [6.45, 7) is 4.61. The van der Waals surface area contributed by atoms with Gasteiger partial charge in [-0.15, -0.1) is 0 Å². The van der Waals surface area contributed by atoms with Crippen LogP contribution in [0.3, 0.4) is 0 Å². The molecule has 0 spiro atoms. The maximum atomic E-state index is 12.8. The number of aryl methyl sites for hydroxylation is 1. The SMILES string of the molecule is Cc1[nH]nc(-c2nc3ccccc3[nH]2)c1C(=O)NCC1CCNCC1. The van der Waals surface area contributed by atoms with Crippen molar-refractivity contribution in [3.63, 3.8) is 0 Å². The van der Waals surface area contributed by atoms with Gasteiger partial charge in [0.05, 0.1) is 16.6 Å². The van der Waals surface area contributed by atoms with Gasteiger partial charge in [-0.2, -0.15) is 5.10 Å². The lowest BCUT2D eigenvalue weighted by molar-refractivity contribution is 0.0944. The number of para-hydroxylation sites is 2. The van der Waals surface area contributed by atoms with Gasteiger partial charge in [-0.25, -0.2) is 4.98 Å². The van der Waals surface area contributed by atoms with Crippen molar-refractivity contribution in [3.05, 3.63) is 35.5 Å². The maximum Gasteiger partial charge on any atom is 0.255 e. The van der Waals surface area contributed by atoms with E-state index in [-0.39, 0.29) is 5.91 Å². The Morgan fingerprint density at radius 3 is 2.88 bits per heavy atom. The average molecular weight is 338 g/mol. The first-order valence-electron chi connectivity index (χ1n) is 8.71. The first kappa shape index (κ1) is 15.8. The van der Waals surface area contributed by atoms with Gasteiger partial charge in [0, 0.05) is 12.2 Å². The van der Waals surface area contributed by atoms with Gasteiger partial charge in [0.15, 0.2) is 5.82 Å². The van der Waals surface area contributed by atoms with E-state index in [1.807, 2.05) is 31.2 Å². The number of hydrogen-bond donors (Lipinski definition) is 4. The molecule has 0 unspecified atom stereocenters. The fourth-order valence-corrected chi connectivity index (χ4v) is 3.35. The van der Waals surface area contributed by atoms with Crippen LogP contribution in [0, 0.1) is 12.8 Å². The number of imidazole rings is 1. The number of amides is 1. The van der Waals surface area contributed by atoms with Crippen LogP contribution in [0.5, 0.6) is 0 Å². The number of piperidine rings is 1. The average Bonchev–Trinajstić information content (AvgIpc) is 3.23. The van der Waals surface area contributed by atoms with Crippen LogP contribution in [0.1, 0.15) is 28.9 Å². The van der Waals surface area contributed by atoms with Gasteiger partial charge < -0.3 is 15.6 Å². The van der Waals surface area contributed by atoms with Crippen LogP contribution >= 0.6 is 0 Å². The third-order valence-electron chi connectivity index (χ3n) is 4.80. The van der Waals surface area contributed by atoms with E-state index >= 15 is 0 Å². The Hall–Kier alpha value is -2.67. The highest BCUT2D eigenvalue weighted by molar-refractivity contribution is 6.00. The van der Waals surface area contributed by atoms with Crippen molar-refractivity contribution in [3.8, 4) is 11.5 Å². The second kappa shape index (κ2) is 6.68. The zero-order chi connectivity index (χ0) is 17.2. The number of carbonyl (C=O) groups excluding carboxylic acids is 1. The molecule has 25 heavy (non-hydrogen) atoms. The number of nitrogens with zero attached hydrogens (tertiary/aromatic N) is 2. The fourth-order valence-electron chi connectivity index (χ4n) is 3.35. The number of H-pyrrole nitrogens is 2. The Morgan fingerprint density at radius 2 is 2.08 bits per heavy atom. The van der Waals surface area contributed by atoms with E-state index < -0.39 is 0 Å². The Kier molecular flexibility index (Phi) is 4.23. The van der Waals surface area contributed by atoms with E-state index in [0.717, 1.165) is 42.7 Å². The second-order valence-corrected chi connectivity index (χ2v) is 6.58. The molecule has 3 aromatic rings. The summed E-state index contributed by atoms with van der Waals surface area (Å²) in [4.78, 5) is 20.6. The number of rotatable bonds is 4. The van der Waals surface area contributed by atoms with E-state index in [2.05, 4.69) is 30.8 Å². The van der Waals surface area contributed by atoms with Crippen LogP contribution in [0.2, 0.25) is 0 Å². The van der Waals surface area contributed by atoms with E-state index in [4.69, 9.17) is 0 Å². The minimum Gasteiger partial charge on any atom is -0.352 e. The Labute approximate surface area is 145 Å². The summed E-state index contributed by atoms with van der Waals surface area (Å²) < 4.78 is 0. The van der Waals surface area contributed by atoms with Crippen LogP contribution in [0.15, 0.2) is 24.3 Å². The summed E-state index contributed by atoms with van der Waals surface area (Å²) in [5.41, 5.74) is 3.67. The first-order valence-corrected chi connectivity index (χ1v) is 8.71. The van der Waals surface area contributed by atoms with Crippen molar-refractivity contribution in [2.45, 2.75) is 19.8 Å². The number of hydrogen-bond acceptors (Lipinski definition) is 4. The highest BCUT2D eigenvalue weighted by Gasteiger charge is 2.23. The van der Waals surface area contributed by atoms with E-state index in [9.17, 15) is 4.79 Å². The molecule has 130 valence electrons. The van der Waals surface area contributed by atoms with Gasteiger partial charge in [0.1, 0.15) is 5.69 Å². The lowest BCUT2D eigenvalue weighted by Crippen LogP contribution is -2.36. The van der Waals surface area contributed by atoms with Gasteiger partial charge in [0.25, 0.3) is 5.91 Å². The number of fused-ring (bicyclic) bond motifs is 1. The normalized spacial score (nSPS) is 15.6. The topological polar surface area (TPSA) is 98.5 Å². The summed E-state index contributed by atoms with van der Waals surface area (Å²) in [7, 11) is 0. The molecule has 1 fully saturated rings. The third-order valence-corrected chi connectivity index (χ3v) is 4.80. The van der Waals surface area contributed by atoms with E-state index in [1.165, 1.54) is 0 Å². The second-order valence-electron chi connectivity index (χ2n) is 6.58. The van der Waals surface area contributed by atoms with Crippen LogP contribution in [0.25, 0.3) is 22.6 Å². The molecule has 1 aromatic carbocycles. The van der Waals surface area contributed by atoms with Gasteiger partial charge in [-0.3, -0.25) is 9.89 Å². The molecule has 1 aliphatic heterocycles. The summed E-state index contributed by atoms with van der Waals surface area (Å²) in [5.74, 6) is 1.05. The lowest BCUT2D eigenvalue weighted by atomic mass is 9.98. The number of nitrogens with one attached hydrogen (secondary N) is 4. The zero-order valence-corrected chi connectivity index (χ0v) is 14.2. The molecule has 0 radical (unpaired) electrons. The lowest BCUT2D eigenvalue weighted by Gasteiger charge is -2.22. The van der Waals surface area contributed by atoms with Crippen molar-refractivity contribution in [1.29, 1.82) is 0 Å². The van der Waals surface area contributed by atoms with Crippen LogP contribution in [-0.4, -0.2) is 45.7 Å². The molecule has 0 saturated carbocycles. The van der Waals surface area contributed by atoms with Crippen LogP contribution in [-0.2, 0) is 0 Å². The molecular weight excluding hydrogens is 316 g/mol. The predicted octanol–water partition coefficient (Wildman–Crippen LogP) is 1.99. The van der Waals surface area contributed by atoms with Crippen molar-refractivity contribution in [1.82, 2.24) is 30.8 Å². The minimum atomic E-state index is -0.0970. The summed E-state index contributed by atoms with van der Waals surface area (Å²) in [6, 6.07) is 7.79. The van der Waals surface area contributed by atoms with Crippen molar-refractivity contribution in [2.75, 3.05) is 19.6 Å². The molecule has 0 atom stereocenters. The molecule has 3 heterocycles. The van der Waals surface area contributed by atoms with E-state index in [0.29, 0.717) is 29.5 Å². The Morgan fingerprint density at radius 1 is 1.28 bits per heavy atom. The minimum absolute atomic E-state index is 0.0970. The quantitative estimate of drug-likeness (QED) is 0.585.